The van der Waals surface area contributed by atoms with E-state index in [1.165, 1.54) is 7.11 Å². The van der Waals surface area contributed by atoms with Crippen LogP contribution in [0.5, 0.6) is 0 Å². The van der Waals surface area contributed by atoms with Crippen molar-refractivity contribution >= 4 is 46.0 Å². The fourth-order valence-electron chi connectivity index (χ4n) is 1.21. The second-order valence-electron chi connectivity index (χ2n) is 3.96. The molecule has 0 spiro atoms. The van der Waals surface area contributed by atoms with E-state index in [0.29, 0.717) is 6.54 Å². The molecular weight excluding hydrogens is 379 g/mol. The molecule has 0 fully saturated rings. The molecule has 2 N–H and O–H groups in total. The van der Waals surface area contributed by atoms with Crippen LogP contribution in [0.1, 0.15) is 0 Å². The lowest BCUT2D eigenvalue weighted by molar-refractivity contribution is -0.125. The standard InChI is InChI=1S/C12H19N2O5PS3/c1-17-20(16,21)19-8-7-18-10-11(15)13-6-9-22-23-12-4-2-3-5-14-12/h2-5H,6-10H2,1H3,(H,13,15)(H,16,21). The number of pyridine rings is 1. The van der Waals surface area contributed by atoms with Crippen molar-refractivity contribution in [1.82, 2.24) is 10.3 Å². The summed E-state index contributed by atoms with van der Waals surface area (Å²) in [5, 5.41) is 3.68. The van der Waals surface area contributed by atoms with Crippen LogP contribution >= 0.6 is 28.3 Å². The molecule has 1 aromatic rings. The molecule has 0 aliphatic heterocycles. The average molecular weight is 398 g/mol. The molecular formula is C12H19N2O5PS3. The molecule has 1 atom stereocenters. The number of hydrogen-bond acceptors (Lipinski definition) is 8. The van der Waals surface area contributed by atoms with Crippen LogP contribution in [0, 0.1) is 0 Å². The van der Waals surface area contributed by atoms with E-state index in [1.807, 2.05) is 18.2 Å². The minimum Gasteiger partial charge on any atom is -0.369 e. The molecule has 0 aliphatic rings. The summed E-state index contributed by atoms with van der Waals surface area (Å²) in [5.74, 6) is 0.556. The Morgan fingerprint density at radius 1 is 1.48 bits per heavy atom. The zero-order valence-corrected chi connectivity index (χ0v) is 15.9. The topological polar surface area (TPSA) is 89.9 Å². The molecule has 0 saturated carbocycles. The highest BCUT2D eigenvalue weighted by atomic mass is 33.1. The zero-order valence-electron chi connectivity index (χ0n) is 12.5. The van der Waals surface area contributed by atoms with Crippen LogP contribution < -0.4 is 5.32 Å². The summed E-state index contributed by atoms with van der Waals surface area (Å²) in [4.78, 5) is 25.0. The molecule has 0 aliphatic carbocycles. The molecule has 130 valence electrons. The summed E-state index contributed by atoms with van der Waals surface area (Å²) in [6, 6.07) is 5.73. The van der Waals surface area contributed by atoms with E-state index in [4.69, 9.17) is 9.26 Å². The van der Waals surface area contributed by atoms with Crippen LogP contribution in [0.3, 0.4) is 0 Å². The summed E-state index contributed by atoms with van der Waals surface area (Å²) in [5.41, 5.74) is 0. The van der Waals surface area contributed by atoms with Crippen molar-refractivity contribution < 1.29 is 23.5 Å². The molecule has 1 rings (SSSR count). The van der Waals surface area contributed by atoms with Gasteiger partial charge in [-0.1, -0.05) is 16.9 Å². The third-order valence-corrected chi connectivity index (χ3v) is 6.24. The molecule has 1 amide bonds. The molecule has 0 saturated heterocycles. The van der Waals surface area contributed by atoms with Gasteiger partial charge in [0.05, 0.1) is 13.2 Å². The molecule has 0 radical (unpaired) electrons. The third kappa shape index (κ3) is 11.1. The van der Waals surface area contributed by atoms with Crippen LogP contribution in [-0.2, 0) is 30.4 Å². The number of amides is 1. The van der Waals surface area contributed by atoms with E-state index in [2.05, 4.69) is 26.6 Å². The Balaban J connectivity index is 1.95. The van der Waals surface area contributed by atoms with E-state index in [0.717, 1.165) is 10.8 Å². The minimum atomic E-state index is -3.15. The fourth-order valence-corrected chi connectivity index (χ4v) is 3.63. The van der Waals surface area contributed by atoms with Crippen molar-refractivity contribution in [3.8, 4) is 0 Å². The van der Waals surface area contributed by atoms with E-state index < -0.39 is 6.72 Å². The Morgan fingerprint density at radius 2 is 2.30 bits per heavy atom. The lowest BCUT2D eigenvalue weighted by Gasteiger charge is -2.12. The van der Waals surface area contributed by atoms with E-state index in [-0.39, 0.29) is 25.7 Å². The molecule has 7 nitrogen and oxygen atoms in total. The van der Waals surface area contributed by atoms with Gasteiger partial charge in [-0.05, 0) is 34.7 Å². The van der Waals surface area contributed by atoms with E-state index in [1.54, 1.807) is 27.8 Å². The summed E-state index contributed by atoms with van der Waals surface area (Å²) >= 11 is 4.64. The summed E-state index contributed by atoms with van der Waals surface area (Å²) in [6.07, 6.45) is 1.74. The Morgan fingerprint density at radius 3 is 3.00 bits per heavy atom. The SMILES string of the molecule is COP(O)(=S)OCCOCC(=O)NCCSSc1ccccn1. The van der Waals surface area contributed by atoms with Crippen LogP contribution in [0.15, 0.2) is 29.4 Å². The number of hydrogen-bond donors (Lipinski definition) is 2. The number of carbonyl (C=O) groups excluding carboxylic acids is 1. The maximum absolute atomic E-state index is 11.5. The van der Waals surface area contributed by atoms with Gasteiger partial charge in [0.15, 0.2) is 0 Å². The predicted molar refractivity (Wildman–Crippen MR) is 95.8 cm³/mol. The second-order valence-corrected chi connectivity index (χ2v) is 9.34. The number of aromatic nitrogens is 1. The number of ether oxygens (including phenoxy) is 1. The molecule has 0 aromatic carbocycles. The molecule has 11 heteroatoms. The Labute approximate surface area is 148 Å². The smallest absolute Gasteiger partial charge is 0.324 e. The predicted octanol–water partition coefficient (Wildman–Crippen LogP) is 1.83. The molecule has 1 unspecified atom stereocenters. The van der Waals surface area contributed by atoms with Crippen molar-refractivity contribution in [2.24, 2.45) is 0 Å². The quantitative estimate of drug-likeness (QED) is 0.311. The largest absolute Gasteiger partial charge is 0.369 e. The van der Waals surface area contributed by atoms with Gasteiger partial charge in [0, 0.05) is 25.6 Å². The van der Waals surface area contributed by atoms with Gasteiger partial charge in [-0.2, -0.15) is 0 Å². The Bertz CT molecular complexity index is 509. The van der Waals surface area contributed by atoms with Crippen LogP contribution in [-0.4, -0.2) is 55.0 Å². The lowest BCUT2D eigenvalue weighted by atomic mass is 10.5. The highest BCUT2D eigenvalue weighted by Crippen LogP contribution is 2.42. The fraction of sp³-hybridized carbons (Fsp3) is 0.500. The first-order chi connectivity index (χ1) is 11.0. The molecule has 23 heavy (non-hydrogen) atoms. The van der Waals surface area contributed by atoms with Crippen LogP contribution in [0.2, 0.25) is 0 Å². The van der Waals surface area contributed by atoms with Crippen molar-refractivity contribution in [3.63, 3.8) is 0 Å². The van der Waals surface area contributed by atoms with Gasteiger partial charge in [0.2, 0.25) is 5.91 Å². The van der Waals surface area contributed by atoms with Gasteiger partial charge in [-0.25, -0.2) is 4.98 Å². The van der Waals surface area contributed by atoms with Crippen molar-refractivity contribution in [1.29, 1.82) is 0 Å². The van der Waals surface area contributed by atoms with Crippen molar-refractivity contribution in [3.05, 3.63) is 24.4 Å². The highest BCUT2D eigenvalue weighted by molar-refractivity contribution is 8.76. The maximum atomic E-state index is 11.5. The highest BCUT2D eigenvalue weighted by Gasteiger charge is 2.11. The van der Waals surface area contributed by atoms with Crippen molar-refractivity contribution in [2.75, 3.05) is 39.2 Å². The van der Waals surface area contributed by atoms with Crippen molar-refractivity contribution in [2.45, 2.75) is 5.03 Å². The number of carbonyl (C=O) groups is 1. The van der Waals surface area contributed by atoms with Gasteiger partial charge in [-0.15, -0.1) is 0 Å². The van der Waals surface area contributed by atoms with Crippen LogP contribution in [0.25, 0.3) is 0 Å². The zero-order chi connectivity index (χ0) is 17.0. The summed E-state index contributed by atoms with van der Waals surface area (Å²) in [7, 11) is 4.46. The average Bonchev–Trinajstić information content (AvgIpc) is 2.55. The first-order valence-corrected chi connectivity index (χ1v) is 11.5. The van der Waals surface area contributed by atoms with Gasteiger partial charge in [-0.3, -0.25) is 4.79 Å². The van der Waals surface area contributed by atoms with Crippen LogP contribution in [0.4, 0.5) is 0 Å². The third-order valence-electron chi connectivity index (χ3n) is 2.24. The summed E-state index contributed by atoms with van der Waals surface area (Å²) < 4.78 is 14.6. The lowest BCUT2D eigenvalue weighted by Crippen LogP contribution is -2.29. The van der Waals surface area contributed by atoms with E-state index >= 15 is 0 Å². The van der Waals surface area contributed by atoms with Gasteiger partial charge in [0.1, 0.15) is 11.6 Å². The normalized spacial score (nSPS) is 13.5. The maximum Gasteiger partial charge on any atom is 0.324 e. The first-order valence-electron chi connectivity index (χ1n) is 6.61. The Hall–Kier alpha value is -0.190. The Kier molecular flexibility index (Phi) is 11.1. The van der Waals surface area contributed by atoms with E-state index in [9.17, 15) is 9.69 Å². The number of rotatable bonds is 12. The van der Waals surface area contributed by atoms with Gasteiger partial charge in [0.25, 0.3) is 0 Å². The molecule has 1 aromatic heterocycles. The number of nitrogens with zero attached hydrogens (tertiary/aromatic N) is 1. The van der Waals surface area contributed by atoms with Gasteiger partial charge < -0.3 is 24.0 Å². The number of nitrogens with one attached hydrogen (secondary N) is 1. The monoisotopic (exact) mass is 398 g/mol. The second kappa shape index (κ2) is 12.2. The first kappa shape index (κ1) is 20.9. The van der Waals surface area contributed by atoms with Gasteiger partial charge >= 0.3 is 6.72 Å². The molecule has 0 bridgehead atoms. The summed E-state index contributed by atoms with van der Waals surface area (Å²) in [6.45, 7) is -2.44. The molecule has 1 heterocycles. The minimum absolute atomic E-state index is 0.0668.